The normalized spacial score (nSPS) is 20.4. The van der Waals surface area contributed by atoms with Crippen molar-refractivity contribution in [3.63, 3.8) is 0 Å². The lowest BCUT2D eigenvalue weighted by atomic mass is 9.96. The molecule has 2 aliphatic rings. The number of fused-ring (bicyclic) bond motifs is 1. The highest BCUT2D eigenvalue weighted by atomic mass is 16.5. The molecule has 1 N–H and O–H groups in total. The molecule has 1 aliphatic carbocycles. The van der Waals surface area contributed by atoms with E-state index in [9.17, 15) is 4.79 Å². The van der Waals surface area contributed by atoms with E-state index in [1.807, 2.05) is 0 Å². The molecule has 1 saturated heterocycles. The van der Waals surface area contributed by atoms with E-state index in [1.165, 1.54) is 0 Å². The summed E-state index contributed by atoms with van der Waals surface area (Å²) in [5.74, 6) is 1.48. The Kier molecular flexibility index (Phi) is 3.82. The van der Waals surface area contributed by atoms with Gasteiger partial charge >= 0.3 is 0 Å². The topological polar surface area (TPSA) is 103 Å². The number of carbonyl (C=O) groups excluding carboxylic acids is 1. The van der Waals surface area contributed by atoms with Crippen molar-refractivity contribution in [1.29, 1.82) is 0 Å². The molecule has 1 amide bonds. The maximum Gasteiger partial charge on any atom is 0.274 e. The van der Waals surface area contributed by atoms with Gasteiger partial charge in [0.25, 0.3) is 11.8 Å². The van der Waals surface area contributed by atoms with E-state index in [0.29, 0.717) is 17.4 Å². The molecule has 1 aliphatic heterocycles. The van der Waals surface area contributed by atoms with Crippen molar-refractivity contribution in [3.8, 4) is 0 Å². The molecule has 23 heavy (non-hydrogen) atoms. The van der Waals surface area contributed by atoms with E-state index in [-0.39, 0.29) is 18.6 Å². The van der Waals surface area contributed by atoms with Crippen molar-refractivity contribution < 1.29 is 18.6 Å². The molecule has 8 heteroatoms. The van der Waals surface area contributed by atoms with Gasteiger partial charge in [-0.3, -0.25) is 4.79 Å². The van der Waals surface area contributed by atoms with Crippen molar-refractivity contribution in [2.24, 2.45) is 0 Å². The first-order valence-electron chi connectivity index (χ1n) is 8.01. The first-order valence-corrected chi connectivity index (χ1v) is 8.01. The van der Waals surface area contributed by atoms with E-state index in [4.69, 9.17) is 13.8 Å². The van der Waals surface area contributed by atoms with Crippen LogP contribution in [-0.4, -0.2) is 27.8 Å². The van der Waals surface area contributed by atoms with Crippen LogP contribution >= 0.6 is 0 Å². The Morgan fingerprint density at radius 1 is 1.17 bits per heavy atom. The molecule has 0 aromatic carbocycles. The van der Waals surface area contributed by atoms with Crippen LogP contribution < -0.4 is 5.32 Å². The molecule has 0 saturated carbocycles. The number of amides is 1. The molecular formula is C15H18N4O4. The largest absolute Gasteiger partial charge is 0.368 e. The summed E-state index contributed by atoms with van der Waals surface area (Å²) in [4.78, 5) is 16.5. The summed E-state index contributed by atoms with van der Waals surface area (Å²) >= 11 is 0. The average Bonchev–Trinajstić information content (AvgIpc) is 3.31. The number of hydrogen-bond donors (Lipinski definition) is 1. The van der Waals surface area contributed by atoms with Crippen molar-refractivity contribution in [2.45, 2.75) is 51.2 Å². The standard InChI is InChI=1S/C15H18N4O4/c20-14(13-9-4-1-2-5-10(9)22-19-13)16-8-12-17-15(23-18-12)11-6-3-7-21-11/h11H,1-8H2,(H,16,20)/t11-/m1/s1. The second-order valence-corrected chi connectivity index (χ2v) is 5.87. The third-order valence-corrected chi connectivity index (χ3v) is 4.26. The number of aryl methyl sites for hydroxylation is 1. The van der Waals surface area contributed by atoms with Gasteiger partial charge < -0.3 is 19.1 Å². The Morgan fingerprint density at radius 3 is 2.96 bits per heavy atom. The highest BCUT2D eigenvalue weighted by Crippen LogP contribution is 2.27. The lowest BCUT2D eigenvalue weighted by Gasteiger charge is -2.08. The van der Waals surface area contributed by atoms with Gasteiger partial charge in [0.2, 0.25) is 0 Å². The van der Waals surface area contributed by atoms with Crippen LogP contribution in [0.2, 0.25) is 0 Å². The molecule has 4 rings (SSSR count). The van der Waals surface area contributed by atoms with E-state index in [1.54, 1.807) is 0 Å². The molecule has 0 radical (unpaired) electrons. The number of carbonyl (C=O) groups is 1. The molecule has 0 spiro atoms. The van der Waals surface area contributed by atoms with Gasteiger partial charge in [0, 0.05) is 18.6 Å². The summed E-state index contributed by atoms with van der Waals surface area (Å²) in [7, 11) is 0. The molecule has 0 unspecified atom stereocenters. The van der Waals surface area contributed by atoms with Gasteiger partial charge in [-0.15, -0.1) is 0 Å². The molecule has 1 fully saturated rings. The van der Waals surface area contributed by atoms with Crippen molar-refractivity contribution in [2.75, 3.05) is 6.61 Å². The minimum Gasteiger partial charge on any atom is -0.368 e. The van der Waals surface area contributed by atoms with Gasteiger partial charge in [0.05, 0.1) is 6.54 Å². The maximum atomic E-state index is 12.3. The average molecular weight is 318 g/mol. The van der Waals surface area contributed by atoms with Crippen LogP contribution in [0.25, 0.3) is 0 Å². The van der Waals surface area contributed by atoms with Crippen LogP contribution in [0.5, 0.6) is 0 Å². The predicted molar refractivity (Wildman–Crippen MR) is 76.5 cm³/mol. The van der Waals surface area contributed by atoms with Gasteiger partial charge in [-0.05, 0) is 32.1 Å². The van der Waals surface area contributed by atoms with Gasteiger partial charge in [-0.1, -0.05) is 10.3 Å². The second kappa shape index (κ2) is 6.11. The van der Waals surface area contributed by atoms with Crippen LogP contribution in [0.1, 0.15) is 65.3 Å². The third kappa shape index (κ3) is 2.86. The summed E-state index contributed by atoms with van der Waals surface area (Å²) in [5, 5.41) is 10.6. The summed E-state index contributed by atoms with van der Waals surface area (Å²) in [6, 6.07) is 0. The molecule has 8 nitrogen and oxygen atoms in total. The minimum absolute atomic E-state index is 0.116. The van der Waals surface area contributed by atoms with Crippen molar-refractivity contribution in [3.05, 3.63) is 28.7 Å². The fraction of sp³-hybridized carbons (Fsp3) is 0.600. The Labute approximate surface area is 132 Å². The van der Waals surface area contributed by atoms with Crippen LogP contribution in [-0.2, 0) is 24.1 Å². The monoisotopic (exact) mass is 318 g/mol. The SMILES string of the molecule is O=C(NCc1noc([C@H]2CCCO2)n1)c1noc2c1CCCC2. The molecule has 2 aromatic heterocycles. The fourth-order valence-electron chi connectivity index (χ4n) is 3.05. The van der Waals surface area contributed by atoms with Crippen LogP contribution in [0.4, 0.5) is 0 Å². The Hall–Kier alpha value is -2.22. The molecule has 2 aromatic rings. The van der Waals surface area contributed by atoms with E-state index in [0.717, 1.165) is 56.5 Å². The highest BCUT2D eigenvalue weighted by molar-refractivity contribution is 5.93. The minimum atomic E-state index is -0.264. The summed E-state index contributed by atoms with van der Waals surface area (Å²) in [6.45, 7) is 0.910. The smallest absolute Gasteiger partial charge is 0.274 e. The Bertz CT molecular complexity index is 702. The summed E-state index contributed by atoms with van der Waals surface area (Å²) in [5.41, 5.74) is 1.31. The van der Waals surface area contributed by atoms with Crippen LogP contribution in [0.15, 0.2) is 9.05 Å². The molecule has 3 heterocycles. The number of rotatable bonds is 4. The highest BCUT2D eigenvalue weighted by Gasteiger charge is 2.25. The molecule has 1 atom stereocenters. The lowest BCUT2D eigenvalue weighted by molar-refractivity contribution is 0.0835. The van der Waals surface area contributed by atoms with Crippen LogP contribution in [0, 0.1) is 0 Å². The van der Waals surface area contributed by atoms with Crippen LogP contribution in [0.3, 0.4) is 0 Å². The second-order valence-electron chi connectivity index (χ2n) is 5.87. The third-order valence-electron chi connectivity index (χ3n) is 4.26. The summed E-state index contributed by atoms with van der Waals surface area (Å²) < 4.78 is 15.9. The maximum absolute atomic E-state index is 12.3. The van der Waals surface area contributed by atoms with E-state index < -0.39 is 0 Å². The first kappa shape index (κ1) is 14.4. The van der Waals surface area contributed by atoms with Gasteiger partial charge in [-0.2, -0.15) is 4.98 Å². The Balaban J connectivity index is 1.39. The quantitative estimate of drug-likeness (QED) is 0.915. The zero-order valence-corrected chi connectivity index (χ0v) is 12.7. The zero-order chi connectivity index (χ0) is 15.6. The van der Waals surface area contributed by atoms with Crippen molar-refractivity contribution >= 4 is 5.91 Å². The number of nitrogens with one attached hydrogen (secondary N) is 1. The number of aromatic nitrogens is 3. The van der Waals surface area contributed by atoms with Gasteiger partial charge in [0.15, 0.2) is 11.5 Å². The first-order chi connectivity index (χ1) is 11.3. The summed E-state index contributed by atoms with van der Waals surface area (Å²) in [6.07, 6.45) is 5.60. The van der Waals surface area contributed by atoms with E-state index in [2.05, 4.69) is 20.6 Å². The molecular weight excluding hydrogens is 300 g/mol. The zero-order valence-electron chi connectivity index (χ0n) is 12.7. The molecule has 0 bridgehead atoms. The van der Waals surface area contributed by atoms with Crippen molar-refractivity contribution in [1.82, 2.24) is 20.6 Å². The van der Waals surface area contributed by atoms with E-state index >= 15 is 0 Å². The number of ether oxygens (including phenoxy) is 1. The van der Waals surface area contributed by atoms with Gasteiger partial charge in [-0.25, -0.2) is 0 Å². The fourth-order valence-corrected chi connectivity index (χ4v) is 3.05. The number of nitrogens with zero attached hydrogens (tertiary/aromatic N) is 3. The van der Waals surface area contributed by atoms with Gasteiger partial charge in [0.1, 0.15) is 11.9 Å². The number of hydrogen-bond acceptors (Lipinski definition) is 7. The lowest BCUT2D eigenvalue weighted by Crippen LogP contribution is -2.25. The molecule has 122 valence electrons. The Morgan fingerprint density at radius 2 is 2.09 bits per heavy atom. The predicted octanol–water partition coefficient (Wildman–Crippen LogP) is 1.72.